The highest BCUT2D eigenvalue weighted by Gasteiger charge is 2.16. The number of hydrogen-bond acceptors (Lipinski definition) is 4. The molecule has 5 heteroatoms. The van der Waals surface area contributed by atoms with E-state index in [1.165, 1.54) is 49.4 Å². The number of rotatable bonds is 13. The van der Waals surface area contributed by atoms with Gasteiger partial charge in [-0.25, -0.2) is 0 Å². The second-order valence-corrected chi connectivity index (χ2v) is 9.91. The van der Waals surface area contributed by atoms with Gasteiger partial charge in [-0.1, -0.05) is 90.5 Å². The molecule has 174 valence electrons. The van der Waals surface area contributed by atoms with Gasteiger partial charge in [-0.15, -0.1) is 11.8 Å². The zero-order chi connectivity index (χ0) is 23.3. The maximum absolute atomic E-state index is 12.3. The van der Waals surface area contributed by atoms with Crippen LogP contribution in [0.3, 0.4) is 0 Å². The smallest absolute Gasteiger partial charge is 0.231 e. The van der Waals surface area contributed by atoms with Crippen molar-refractivity contribution in [3.05, 3.63) is 73.0 Å². The fourth-order valence-electron chi connectivity index (χ4n) is 2.79. The maximum Gasteiger partial charge on any atom is 0.231 e. The number of hydrogen-bond donors (Lipinski definition) is 0. The summed E-state index contributed by atoms with van der Waals surface area (Å²) in [5.74, 6) is 2.45. The van der Waals surface area contributed by atoms with Gasteiger partial charge in [0.05, 0.1) is 0 Å². The molecule has 1 aliphatic heterocycles. The summed E-state index contributed by atoms with van der Waals surface area (Å²) in [6, 6.07) is 6.01. The predicted molar refractivity (Wildman–Crippen MR) is 140 cm³/mol. The van der Waals surface area contributed by atoms with Crippen LogP contribution in [0.15, 0.2) is 67.5 Å². The third kappa shape index (κ3) is 14.8. The molecule has 1 aromatic carbocycles. The number of fused-ring (bicyclic) bond motifs is 1. The largest absolute Gasteiger partial charge is 0.454 e. The maximum atomic E-state index is 12.3. The molecule has 0 fully saturated rings. The Balaban J connectivity index is 0.000000846. The minimum absolute atomic E-state index is 0.191. The average Bonchev–Trinajstić information content (AvgIpc) is 3.25. The normalized spacial score (nSPS) is 12.8. The van der Waals surface area contributed by atoms with E-state index >= 15 is 0 Å². The minimum Gasteiger partial charge on any atom is -0.454 e. The van der Waals surface area contributed by atoms with Crippen molar-refractivity contribution in [1.29, 1.82) is 0 Å². The van der Waals surface area contributed by atoms with E-state index in [1.54, 1.807) is 23.0 Å². The zero-order valence-corrected chi connectivity index (χ0v) is 21.0. The van der Waals surface area contributed by atoms with Gasteiger partial charge in [0.15, 0.2) is 11.5 Å². The highest BCUT2D eigenvalue weighted by Crippen LogP contribution is 2.33. The third-order valence-electron chi connectivity index (χ3n) is 4.47. The second-order valence-electron chi connectivity index (χ2n) is 7.00. The van der Waals surface area contributed by atoms with Crippen LogP contribution in [0.1, 0.15) is 57.9 Å². The van der Waals surface area contributed by atoms with E-state index in [0.717, 1.165) is 30.1 Å². The lowest BCUT2D eigenvalue weighted by Crippen LogP contribution is -2.16. The average molecular weight is 465 g/mol. The zero-order valence-electron chi connectivity index (χ0n) is 19.4. The first kappa shape index (κ1) is 29.3. The Labute approximate surface area is 197 Å². The van der Waals surface area contributed by atoms with Gasteiger partial charge in [-0.2, -0.15) is 0 Å². The first-order valence-electron chi connectivity index (χ1n) is 10.9. The molecule has 0 amide bonds. The Morgan fingerprint density at radius 1 is 1.00 bits per heavy atom. The molecule has 0 saturated heterocycles. The van der Waals surface area contributed by atoms with Crippen molar-refractivity contribution >= 4 is 22.6 Å². The van der Waals surface area contributed by atoms with Crippen LogP contribution in [0, 0.1) is 0 Å². The Kier molecular flexibility index (Phi) is 19.1. The third-order valence-corrected chi connectivity index (χ3v) is 6.61. The van der Waals surface area contributed by atoms with Crippen LogP contribution in [-0.4, -0.2) is 22.0 Å². The lowest BCUT2D eigenvalue weighted by molar-refractivity contribution is 0.174. The summed E-state index contributed by atoms with van der Waals surface area (Å²) in [5, 5.41) is 3.65. The van der Waals surface area contributed by atoms with Gasteiger partial charge in [0, 0.05) is 21.8 Å². The van der Waals surface area contributed by atoms with Crippen molar-refractivity contribution in [2.75, 3.05) is 12.5 Å². The van der Waals surface area contributed by atoms with Gasteiger partial charge < -0.3 is 9.47 Å². The molecule has 2 rings (SSSR count). The van der Waals surface area contributed by atoms with Gasteiger partial charge >= 0.3 is 0 Å². The monoisotopic (exact) mass is 464 g/mol. The van der Waals surface area contributed by atoms with E-state index in [4.69, 9.17) is 9.47 Å². The molecule has 0 aromatic heterocycles. The van der Waals surface area contributed by atoms with Gasteiger partial charge in [0.25, 0.3) is 0 Å². The molecular formula is C26H40O3S2. The molecule has 31 heavy (non-hydrogen) atoms. The van der Waals surface area contributed by atoms with Crippen molar-refractivity contribution < 1.29 is 13.7 Å². The number of allylic oxidation sites excluding steroid dienone is 2. The molecule has 0 N–H and O–H groups in total. The van der Waals surface area contributed by atoms with Crippen LogP contribution in [0.4, 0.5) is 0 Å². The van der Waals surface area contributed by atoms with Crippen LogP contribution < -0.4 is 9.47 Å². The molecule has 0 spiro atoms. The predicted octanol–water partition coefficient (Wildman–Crippen LogP) is 7.82. The summed E-state index contributed by atoms with van der Waals surface area (Å²) in [7, 11) is -0.743. The van der Waals surface area contributed by atoms with Crippen molar-refractivity contribution in [2.24, 2.45) is 0 Å². The summed E-state index contributed by atoms with van der Waals surface area (Å²) in [6.07, 6.45) is 11.6. The van der Waals surface area contributed by atoms with Gasteiger partial charge in [-0.05, 0) is 41.4 Å². The standard InChI is InChI=1S/C18H28O3S.C4H6S.C4H6/c1-3-4-5-6-7-8-11-22(19)15(2)12-16-9-10-17-18(13-16)21-14-20-17;1-3-5-4-2;1-3-4-2/h9-10,13,15H,3-8,11-12,14H2,1-2H3;3-4H,1-2H2;3-4H,1-2H2. The van der Waals surface area contributed by atoms with Crippen LogP contribution in [0.25, 0.3) is 0 Å². The van der Waals surface area contributed by atoms with E-state index in [9.17, 15) is 4.21 Å². The molecular weight excluding hydrogens is 424 g/mol. The topological polar surface area (TPSA) is 35.5 Å². The highest BCUT2D eigenvalue weighted by molar-refractivity contribution is 8.04. The van der Waals surface area contributed by atoms with E-state index < -0.39 is 10.8 Å². The van der Waals surface area contributed by atoms with Crippen molar-refractivity contribution in [3.8, 4) is 11.5 Å². The first-order valence-corrected chi connectivity index (χ1v) is 13.2. The molecule has 3 nitrogen and oxygen atoms in total. The summed E-state index contributed by atoms with van der Waals surface area (Å²) in [4.78, 5) is 0. The first-order chi connectivity index (χ1) is 15.0. The van der Waals surface area contributed by atoms with Crippen LogP contribution >= 0.6 is 11.8 Å². The van der Waals surface area contributed by atoms with Crippen molar-refractivity contribution in [3.63, 3.8) is 0 Å². The number of unbranched alkanes of at least 4 members (excludes halogenated alkanes) is 5. The Morgan fingerprint density at radius 3 is 2.19 bits per heavy atom. The van der Waals surface area contributed by atoms with E-state index in [0.29, 0.717) is 6.79 Å². The summed E-state index contributed by atoms with van der Waals surface area (Å²) < 4.78 is 23.0. The molecule has 0 bridgehead atoms. The molecule has 0 aliphatic carbocycles. The van der Waals surface area contributed by atoms with Crippen LogP contribution in [-0.2, 0) is 17.2 Å². The molecule has 2 unspecified atom stereocenters. The fourth-order valence-corrected chi connectivity index (χ4v) is 4.19. The lowest BCUT2D eigenvalue weighted by Gasteiger charge is -2.12. The quantitative estimate of drug-likeness (QED) is 0.220. The Morgan fingerprint density at radius 2 is 1.61 bits per heavy atom. The Bertz CT molecular complexity index is 659. The summed E-state index contributed by atoms with van der Waals surface area (Å²) >= 11 is 1.49. The second kappa shape index (κ2) is 20.2. The number of thioether (sulfide) groups is 1. The summed E-state index contributed by atoms with van der Waals surface area (Å²) in [5.41, 5.74) is 1.17. The lowest BCUT2D eigenvalue weighted by atomic mass is 10.1. The molecule has 1 aliphatic rings. The molecule has 0 saturated carbocycles. The summed E-state index contributed by atoms with van der Waals surface area (Å²) in [6.45, 7) is 18.2. The van der Waals surface area contributed by atoms with Crippen LogP contribution in [0.5, 0.6) is 11.5 Å². The molecule has 2 atom stereocenters. The van der Waals surface area contributed by atoms with E-state index in [1.807, 2.05) is 18.2 Å². The Hall–Kier alpha value is -1.72. The van der Waals surface area contributed by atoms with Gasteiger partial charge in [0.2, 0.25) is 6.79 Å². The highest BCUT2D eigenvalue weighted by atomic mass is 32.2. The fraction of sp³-hybridized carbons (Fsp3) is 0.462. The molecule has 1 heterocycles. The van der Waals surface area contributed by atoms with E-state index in [-0.39, 0.29) is 5.25 Å². The van der Waals surface area contributed by atoms with Crippen molar-refractivity contribution in [1.82, 2.24) is 0 Å². The van der Waals surface area contributed by atoms with Crippen LogP contribution in [0.2, 0.25) is 0 Å². The number of benzene rings is 1. The van der Waals surface area contributed by atoms with E-state index in [2.05, 4.69) is 40.2 Å². The SMILES string of the molecule is C=CC=C.C=CSC=C.CCCCCCCCS(=O)C(C)Cc1ccc2c(c1)OCO2. The van der Waals surface area contributed by atoms with Gasteiger partial charge in [0.1, 0.15) is 0 Å². The molecule has 0 radical (unpaired) electrons. The molecule has 1 aromatic rings. The van der Waals surface area contributed by atoms with Gasteiger partial charge in [-0.3, -0.25) is 4.21 Å². The minimum atomic E-state index is -0.743. The van der Waals surface area contributed by atoms with Crippen molar-refractivity contribution in [2.45, 2.75) is 64.0 Å². The number of ether oxygens (including phenoxy) is 2.